The highest BCUT2D eigenvalue weighted by atomic mass is 79.9. The molecule has 0 saturated carbocycles. The van der Waals surface area contributed by atoms with Crippen LogP contribution >= 0.6 is 15.9 Å². The maximum Gasteiger partial charge on any atom is 0.269 e. The van der Waals surface area contributed by atoms with Gasteiger partial charge in [-0.3, -0.25) is 10.1 Å². The molecule has 0 aliphatic carbocycles. The molecule has 0 aromatic heterocycles. The standard InChI is InChI=1S/C11H14BrNO5S/c1-3-19(17,18)11(2,12)10(14)8-5-4-6-9(7-8)13(15)16/h4-7,10,14H,3H2,1-2H3. The summed E-state index contributed by atoms with van der Waals surface area (Å²) in [5.74, 6) is -0.152. The maximum atomic E-state index is 11.9. The Morgan fingerprint density at radius 1 is 1.53 bits per heavy atom. The lowest BCUT2D eigenvalue weighted by molar-refractivity contribution is -0.385. The van der Waals surface area contributed by atoms with Gasteiger partial charge in [0.25, 0.3) is 5.69 Å². The largest absolute Gasteiger partial charge is 0.386 e. The van der Waals surface area contributed by atoms with E-state index >= 15 is 0 Å². The molecule has 0 aliphatic rings. The van der Waals surface area contributed by atoms with Crippen LogP contribution in [0.4, 0.5) is 5.69 Å². The number of benzene rings is 1. The van der Waals surface area contributed by atoms with E-state index in [1.807, 2.05) is 0 Å². The van der Waals surface area contributed by atoms with Gasteiger partial charge in [0.15, 0.2) is 13.5 Å². The van der Waals surface area contributed by atoms with E-state index in [4.69, 9.17) is 0 Å². The molecule has 0 heterocycles. The molecule has 2 atom stereocenters. The number of rotatable bonds is 5. The van der Waals surface area contributed by atoms with Crippen LogP contribution in [0.5, 0.6) is 0 Å². The van der Waals surface area contributed by atoms with Crippen LogP contribution < -0.4 is 0 Å². The summed E-state index contributed by atoms with van der Waals surface area (Å²) in [4.78, 5) is 10.1. The van der Waals surface area contributed by atoms with Gasteiger partial charge in [-0.2, -0.15) is 0 Å². The van der Waals surface area contributed by atoms with Crippen LogP contribution in [0.2, 0.25) is 0 Å². The van der Waals surface area contributed by atoms with E-state index in [1.165, 1.54) is 32.0 Å². The molecule has 8 heteroatoms. The zero-order valence-corrected chi connectivity index (χ0v) is 12.8. The number of halogens is 1. The third kappa shape index (κ3) is 3.13. The number of nitrogens with zero attached hydrogens (tertiary/aromatic N) is 1. The predicted molar refractivity (Wildman–Crippen MR) is 74.8 cm³/mol. The Kier molecular flexibility index (Phi) is 4.70. The molecule has 0 fully saturated rings. The molecule has 0 saturated heterocycles. The van der Waals surface area contributed by atoms with Gasteiger partial charge in [-0.15, -0.1) is 0 Å². The van der Waals surface area contributed by atoms with Crippen LogP contribution in [0.3, 0.4) is 0 Å². The van der Waals surface area contributed by atoms with E-state index in [-0.39, 0.29) is 17.0 Å². The SMILES string of the molecule is CCS(=O)(=O)C(C)(Br)C(O)c1cccc([N+](=O)[O-])c1. The van der Waals surface area contributed by atoms with Crippen LogP contribution in [0, 0.1) is 10.1 Å². The first kappa shape index (κ1) is 16.1. The van der Waals surface area contributed by atoms with Crippen LogP contribution in [-0.2, 0) is 9.84 Å². The minimum Gasteiger partial charge on any atom is -0.386 e. The minimum absolute atomic E-state index is 0.152. The van der Waals surface area contributed by atoms with Gasteiger partial charge in [0.1, 0.15) is 6.10 Å². The number of nitro groups is 1. The van der Waals surface area contributed by atoms with Gasteiger partial charge in [0.2, 0.25) is 0 Å². The molecule has 1 aromatic rings. The Morgan fingerprint density at radius 3 is 2.58 bits per heavy atom. The molecule has 0 spiro atoms. The number of nitro benzene ring substituents is 1. The molecular weight excluding hydrogens is 338 g/mol. The van der Waals surface area contributed by atoms with Crippen LogP contribution in [0.25, 0.3) is 0 Å². The van der Waals surface area contributed by atoms with Crippen LogP contribution in [0.15, 0.2) is 24.3 Å². The highest BCUT2D eigenvalue weighted by molar-refractivity contribution is 9.11. The first-order chi connectivity index (χ1) is 8.63. The average molecular weight is 352 g/mol. The number of sulfone groups is 1. The normalized spacial score (nSPS) is 16.6. The van der Waals surface area contributed by atoms with Gasteiger partial charge < -0.3 is 5.11 Å². The van der Waals surface area contributed by atoms with Crippen molar-refractivity contribution in [3.63, 3.8) is 0 Å². The molecule has 6 nitrogen and oxygen atoms in total. The zero-order valence-electron chi connectivity index (χ0n) is 10.4. The van der Waals surface area contributed by atoms with E-state index < -0.39 is 24.5 Å². The lowest BCUT2D eigenvalue weighted by Gasteiger charge is -2.28. The van der Waals surface area contributed by atoms with Gasteiger partial charge in [-0.25, -0.2) is 8.42 Å². The lowest BCUT2D eigenvalue weighted by atomic mass is 10.1. The van der Waals surface area contributed by atoms with Gasteiger partial charge in [-0.1, -0.05) is 35.0 Å². The molecular formula is C11H14BrNO5S. The van der Waals surface area contributed by atoms with Crippen molar-refractivity contribution in [3.8, 4) is 0 Å². The topological polar surface area (TPSA) is 97.5 Å². The first-order valence-electron chi connectivity index (χ1n) is 5.47. The van der Waals surface area contributed by atoms with E-state index in [9.17, 15) is 23.6 Å². The van der Waals surface area contributed by atoms with Crippen molar-refractivity contribution < 1.29 is 18.4 Å². The summed E-state index contributed by atoms with van der Waals surface area (Å²) in [6, 6.07) is 5.28. The second kappa shape index (κ2) is 5.56. The third-order valence-electron chi connectivity index (χ3n) is 2.87. The van der Waals surface area contributed by atoms with Crippen molar-refractivity contribution >= 4 is 31.5 Å². The molecule has 1 rings (SSSR count). The molecule has 19 heavy (non-hydrogen) atoms. The lowest BCUT2D eigenvalue weighted by Crippen LogP contribution is -2.36. The molecule has 0 radical (unpaired) electrons. The molecule has 0 aliphatic heterocycles. The summed E-state index contributed by atoms with van der Waals surface area (Å²) in [5, 5.41) is 20.8. The molecule has 1 aromatic carbocycles. The third-order valence-corrected chi connectivity index (χ3v) is 6.99. The smallest absolute Gasteiger partial charge is 0.269 e. The summed E-state index contributed by atoms with van der Waals surface area (Å²) in [6.45, 7) is 2.80. The Morgan fingerprint density at radius 2 is 2.11 bits per heavy atom. The Labute approximate surface area is 119 Å². The molecule has 0 amide bonds. The first-order valence-corrected chi connectivity index (χ1v) is 7.91. The average Bonchev–Trinajstić information content (AvgIpc) is 2.37. The molecule has 2 unspecified atom stereocenters. The monoisotopic (exact) mass is 351 g/mol. The summed E-state index contributed by atoms with van der Waals surface area (Å²) in [6.07, 6.45) is -1.41. The fourth-order valence-corrected chi connectivity index (χ4v) is 3.55. The van der Waals surface area contributed by atoms with Gasteiger partial charge in [0.05, 0.1) is 4.92 Å². The quantitative estimate of drug-likeness (QED) is 0.498. The zero-order chi connectivity index (χ0) is 14.8. The van der Waals surface area contributed by atoms with Crippen molar-refractivity contribution in [2.24, 2.45) is 0 Å². The fourth-order valence-electron chi connectivity index (χ4n) is 1.56. The van der Waals surface area contributed by atoms with E-state index in [0.717, 1.165) is 6.07 Å². The van der Waals surface area contributed by atoms with Crippen molar-refractivity contribution in [2.45, 2.75) is 23.6 Å². The number of hydrogen-bond donors (Lipinski definition) is 1. The van der Waals surface area contributed by atoms with Crippen molar-refractivity contribution in [1.82, 2.24) is 0 Å². The van der Waals surface area contributed by atoms with E-state index in [2.05, 4.69) is 15.9 Å². The highest BCUT2D eigenvalue weighted by Gasteiger charge is 2.43. The highest BCUT2D eigenvalue weighted by Crippen LogP contribution is 2.39. The molecule has 1 N–H and O–H groups in total. The number of aliphatic hydroxyl groups excluding tert-OH is 1. The van der Waals surface area contributed by atoms with Crippen LogP contribution in [0.1, 0.15) is 25.5 Å². The van der Waals surface area contributed by atoms with Crippen molar-refractivity contribution in [1.29, 1.82) is 0 Å². The van der Waals surface area contributed by atoms with E-state index in [0.29, 0.717) is 0 Å². The number of aliphatic hydroxyl groups is 1. The Hall–Kier alpha value is -0.990. The van der Waals surface area contributed by atoms with Crippen molar-refractivity contribution in [2.75, 3.05) is 5.75 Å². The number of hydrogen-bond acceptors (Lipinski definition) is 5. The van der Waals surface area contributed by atoms with Gasteiger partial charge in [0, 0.05) is 17.9 Å². The maximum absolute atomic E-state index is 11.9. The summed E-state index contributed by atoms with van der Waals surface area (Å²) in [7, 11) is -3.58. The predicted octanol–water partition coefficient (Wildman–Crippen LogP) is 2.17. The van der Waals surface area contributed by atoms with E-state index in [1.54, 1.807) is 0 Å². The Bertz CT molecular complexity index is 585. The van der Waals surface area contributed by atoms with Gasteiger partial charge in [-0.05, 0) is 12.5 Å². The second-order valence-corrected chi connectivity index (χ2v) is 8.97. The summed E-state index contributed by atoms with van der Waals surface area (Å²) >= 11 is 3.02. The summed E-state index contributed by atoms with van der Waals surface area (Å²) in [5.41, 5.74) is -0.0284. The molecule has 0 bridgehead atoms. The minimum atomic E-state index is -3.58. The summed E-state index contributed by atoms with van der Waals surface area (Å²) < 4.78 is 22.2. The Balaban J connectivity index is 3.24. The molecule has 106 valence electrons. The fraction of sp³-hybridized carbons (Fsp3) is 0.455. The number of alkyl halides is 1. The second-order valence-electron chi connectivity index (χ2n) is 4.14. The van der Waals surface area contributed by atoms with Crippen LogP contribution in [-0.4, -0.2) is 27.9 Å². The van der Waals surface area contributed by atoms with Gasteiger partial charge >= 0.3 is 0 Å². The van der Waals surface area contributed by atoms with Crippen molar-refractivity contribution in [3.05, 3.63) is 39.9 Å². The number of non-ortho nitro benzene ring substituents is 1.